The lowest BCUT2D eigenvalue weighted by molar-refractivity contribution is 0.299. The van der Waals surface area contributed by atoms with Gasteiger partial charge in [-0.15, -0.1) is 0 Å². The molecule has 2 aromatic rings. The van der Waals surface area contributed by atoms with Gasteiger partial charge in [0.25, 0.3) is 0 Å². The topological polar surface area (TPSA) is 34.1 Å². The van der Waals surface area contributed by atoms with Crippen molar-refractivity contribution in [3.8, 4) is 5.75 Å². The van der Waals surface area contributed by atoms with Gasteiger partial charge in [-0.1, -0.05) is 6.07 Å². The van der Waals surface area contributed by atoms with Crippen LogP contribution < -0.4 is 10.1 Å². The summed E-state index contributed by atoms with van der Waals surface area (Å²) in [6, 6.07) is 10.5. The van der Waals surface area contributed by atoms with Crippen LogP contribution in [0.2, 0.25) is 0 Å². The van der Waals surface area contributed by atoms with Crippen molar-refractivity contribution in [2.24, 2.45) is 0 Å². The van der Waals surface area contributed by atoms with E-state index in [-0.39, 0.29) is 5.82 Å². The molecule has 0 aliphatic rings. The number of benzene rings is 1. The Kier molecular flexibility index (Phi) is 4.47. The summed E-state index contributed by atoms with van der Waals surface area (Å²) in [7, 11) is 1.82. The maximum atomic E-state index is 13.4. The number of nitrogens with zero attached hydrogens (tertiary/aromatic N) is 1. The zero-order chi connectivity index (χ0) is 13.7. The summed E-state index contributed by atoms with van der Waals surface area (Å²) in [5, 5.41) is 2.99. The van der Waals surface area contributed by atoms with Gasteiger partial charge >= 0.3 is 0 Å². The summed E-state index contributed by atoms with van der Waals surface area (Å²) >= 11 is 0. The molecule has 0 aliphatic carbocycles. The van der Waals surface area contributed by atoms with E-state index >= 15 is 0 Å². The minimum absolute atomic E-state index is 0.292. The smallest absolute Gasteiger partial charge is 0.130 e. The Bertz CT molecular complexity index is 558. The summed E-state index contributed by atoms with van der Waals surface area (Å²) in [6.07, 6.45) is 0. The average Bonchev–Trinajstić information content (AvgIpc) is 2.36. The van der Waals surface area contributed by atoms with Crippen LogP contribution in [0.5, 0.6) is 5.75 Å². The van der Waals surface area contributed by atoms with Crippen LogP contribution in [0.3, 0.4) is 0 Å². The fourth-order valence-electron chi connectivity index (χ4n) is 1.85. The maximum absolute atomic E-state index is 13.4. The summed E-state index contributed by atoms with van der Waals surface area (Å²) in [5.74, 6) is 0.230. The second-order valence-corrected chi connectivity index (χ2v) is 4.38. The van der Waals surface area contributed by atoms with Gasteiger partial charge in [0.05, 0.1) is 5.69 Å². The van der Waals surface area contributed by atoms with Gasteiger partial charge in [-0.3, -0.25) is 4.98 Å². The van der Waals surface area contributed by atoms with Crippen molar-refractivity contribution in [1.29, 1.82) is 0 Å². The number of halogens is 1. The van der Waals surface area contributed by atoms with Gasteiger partial charge in [-0.2, -0.15) is 0 Å². The van der Waals surface area contributed by atoms with Gasteiger partial charge < -0.3 is 10.1 Å². The number of rotatable bonds is 5. The molecule has 4 heteroatoms. The number of pyridine rings is 1. The Morgan fingerprint density at radius 2 is 2.11 bits per heavy atom. The third kappa shape index (κ3) is 4.03. The first kappa shape index (κ1) is 13.5. The predicted octanol–water partition coefficient (Wildman–Crippen LogP) is 2.83. The van der Waals surface area contributed by atoms with E-state index in [9.17, 15) is 4.39 Å². The SMILES string of the molecule is CNCc1cc(F)cc(OCc2cccc(C)n2)c1. The van der Waals surface area contributed by atoms with E-state index in [1.54, 1.807) is 0 Å². The largest absolute Gasteiger partial charge is 0.487 e. The van der Waals surface area contributed by atoms with E-state index in [4.69, 9.17) is 4.74 Å². The minimum Gasteiger partial charge on any atom is -0.487 e. The van der Waals surface area contributed by atoms with E-state index < -0.39 is 0 Å². The second-order valence-electron chi connectivity index (χ2n) is 4.38. The van der Waals surface area contributed by atoms with Crippen LogP contribution in [0.4, 0.5) is 4.39 Å². The lowest BCUT2D eigenvalue weighted by atomic mass is 10.2. The van der Waals surface area contributed by atoms with Crippen molar-refractivity contribution < 1.29 is 9.13 Å². The standard InChI is InChI=1S/C15H17FN2O/c1-11-4-3-5-14(18-11)10-19-15-7-12(9-17-2)6-13(16)8-15/h3-8,17H,9-10H2,1-2H3. The Labute approximate surface area is 112 Å². The number of nitrogens with one attached hydrogen (secondary N) is 1. The Hall–Kier alpha value is -1.94. The summed E-state index contributed by atoms with van der Waals surface area (Å²) < 4.78 is 19.0. The number of ether oxygens (including phenoxy) is 1. The molecule has 1 aromatic carbocycles. The highest BCUT2D eigenvalue weighted by Crippen LogP contribution is 2.17. The molecule has 2 rings (SSSR count). The van der Waals surface area contributed by atoms with Crippen molar-refractivity contribution in [3.05, 3.63) is 59.2 Å². The molecule has 1 N–H and O–H groups in total. The van der Waals surface area contributed by atoms with Crippen LogP contribution in [0, 0.1) is 12.7 Å². The van der Waals surface area contributed by atoms with Gasteiger partial charge in [-0.25, -0.2) is 4.39 Å². The van der Waals surface area contributed by atoms with Gasteiger partial charge in [0.15, 0.2) is 0 Å². The number of aryl methyl sites for hydroxylation is 1. The first-order chi connectivity index (χ1) is 9.17. The molecule has 100 valence electrons. The molecular formula is C15H17FN2O. The van der Waals surface area contributed by atoms with Crippen molar-refractivity contribution in [1.82, 2.24) is 10.3 Å². The first-order valence-corrected chi connectivity index (χ1v) is 6.17. The first-order valence-electron chi connectivity index (χ1n) is 6.17. The lowest BCUT2D eigenvalue weighted by Gasteiger charge is -2.08. The van der Waals surface area contributed by atoms with Gasteiger partial charge in [0.2, 0.25) is 0 Å². The molecule has 0 radical (unpaired) electrons. The van der Waals surface area contributed by atoms with E-state index in [1.165, 1.54) is 12.1 Å². The summed E-state index contributed by atoms with van der Waals surface area (Å²) in [6.45, 7) is 2.87. The van der Waals surface area contributed by atoms with E-state index in [0.717, 1.165) is 17.0 Å². The highest BCUT2D eigenvalue weighted by molar-refractivity contribution is 5.29. The van der Waals surface area contributed by atoms with Crippen LogP contribution in [-0.4, -0.2) is 12.0 Å². The van der Waals surface area contributed by atoms with Crippen molar-refractivity contribution in [3.63, 3.8) is 0 Å². The minimum atomic E-state index is -0.292. The number of hydrogen-bond donors (Lipinski definition) is 1. The van der Waals surface area contributed by atoms with E-state index in [1.807, 2.05) is 38.2 Å². The fourth-order valence-corrected chi connectivity index (χ4v) is 1.85. The molecule has 0 spiro atoms. The van der Waals surface area contributed by atoms with Crippen molar-refractivity contribution in [2.75, 3.05) is 7.05 Å². The highest BCUT2D eigenvalue weighted by atomic mass is 19.1. The molecule has 0 atom stereocenters. The van der Waals surface area contributed by atoms with Gasteiger partial charge in [0, 0.05) is 18.3 Å². The van der Waals surface area contributed by atoms with Crippen LogP contribution in [-0.2, 0) is 13.2 Å². The van der Waals surface area contributed by atoms with E-state index in [2.05, 4.69) is 10.3 Å². The lowest BCUT2D eigenvalue weighted by Crippen LogP contribution is -2.06. The third-order valence-electron chi connectivity index (χ3n) is 2.64. The molecule has 0 amide bonds. The average molecular weight is 260 g/mol. The van der Waals surface area contributed by atoms with Gasteiger partial charge in [0.1, 0.15) is 18.2 Å². The summed E-state index contributed by atoms with van der Waals surface area (Å²) in [5.41, 5.74) is 2.63. The number of hydrogen-bond acceptors (Lipinski definition) is 3. The molecular weight excluding hydrogens is 243 g/mol. The Morgan fingerprint density at radius 1 is 1.26 bits per heavy atom. The zero-order valence-corrected chi connectivity index (χ0v) is 11.1. The van der Waals surface area contributed by atoms with Crippen LogP contribution >= 0.6 is 0 Å². The molecule has 3 nitrogen and oxygen atoms in total. The molecule has 19 heavy (non-hydrogen) atoms. The van der Waals surface area contributed by atoms with Crippen molar-refractivity contribution >= 4 is 0 Å². The molecule has 1 heterocycles. The van der Waals surface area contributed by atoms with Crippen LogP contribution in [0.15, 0.2) is 36.4 Å². The number of aromatic nitrogens is 1. The molecule has 1 aromatic heterocycles. The molecule has 0 saturated heterocycles. The molecule has 0 saturated carbocycles. The van der Waals surface area contributed by atoms with Crippen LogP contribution in [0.1, 0.15) is 17.0 Å². The normalized spacial score (nSPS) is 10.5. The summed E-state index contributed by atoms with van der Waals surface area (Å²) in [4.78, 5) is 4.34. The van der Waals surface area contributed by atoms with Gasteiger partial charge in [-0.05, 0) is 43.8 Å². The maximum Gasteiger partial charge on any atom is 0.130 e. The van der Waals surface area contributed by atoms with Crippen molar-refractivity contribution in [2.45, 2.75) is 20.1 Å². The molecule has 0 fully saturated rings. The third-order valence-corrected chi connectivity index (χ3v) is 2.64. The molecule has 0 unspecified atom stereocenters. The highest BCUT2D eigenvalue weighted by Gasteiger charge is 2.03. The molecule has 0 bridgehead atoms. The quantitative estimate of drug-likeness (QED) is 0.897. The Morgan fingerprint density at radius 3 is 2.84 bits per heavy atom. The Balaban J connectivity index is 2.06. The monoisotopic (exact) mass is 260 g/mol. The van der Waals surface area contributed by atoms with Crippen LogP contribution in [0.25, 0.3) is 0 Å². The fraction of sp³-hybridized carbons (Fsp3) is 0.267. The zero-order valence-electron chi connectivity index (χ0n) is 11.1. The predicted molar refractivity (Wildman–Crippen MR) is 72.5 cm³/mol. The second kappa shape index (κ2) is 6.29. The van der Waals surface area contributed by atoms with E-state index in [0.29, 0.717) is 18.9 Å². The molecule has 0 aliphatic heterocycles.